The topological polar surface area (TPSA) is 77.1 Å². The summed E-state index contributed by atoms with van der Waals surface area (Å²) in [5.41, 5.74) is 0.532. The Labute approximate surface area is 134 Å². The Morgan fingerprint density at radius 1 is 1.39 bits per heavy atom. The maximum absolute atomic E-state index is 12.8. The zero-order valence-corrected chi connectivity index (χ0v) is 13.5. The number of carbonyl (C=O) groups excluding carboxylic acids is 1. The molecule has 1 saturated carbocycles. The van der Waals surface area contributed by atoms with Crippen molar-refractivity contribution >= 4 is 5.91 Å². The van der Waals surface area contributed by atoms with Gasteiger partial charge >= 0.3 is 0 Å². The van der Waals surface area contributed by atoms with Crippen LogP contribution in [0.3, 0.4) is 0 Å². The van der Waals surface area contributed by atoms with E-state index in [2.05, 4.69) is 15.4 Å². The molecular weight excluding hydrogens is 294 g/mol. The van der Waals surface area contributed by atoms with Gasteiger partial charge < -0.3 is 14.0 Å². The molecule has 2 fully saturated rings. The highest BCUT2D eigenvalue weighted by molar-refractivity contribution is 5.92. The van der Waals surface area contributed by atoms with E-state index in [0.29, 0.717) is 18.0 Å². The van der Waals surface area contributed by atoms with Crippen LogP contribution < -0.4 is 0 Å². The van der Waals surface area contributed by atoms with E-state index in [1.54, 1.807) is 19.3 Å². The number of aryl methyl sites for hydroxylation is 2. The summed E-state index contributed by atoms with van der Waals surface area (Å²) in [6.45, 7) is 3.25. The average Bonchev–Trinajstić information content (AvgIpc) is 3.28. The molecule has 0 radical (unpaired) electrons. The second-order valence-corrected chi connectivity index (χ2v) is 6.93. The Morgan fingerprint density at radius 3 is 2.78 bits per heavy atom. The summed E-state index contributed by atoms with van der Waals surface area (Å²) in [7, 11) is 1.98. The van der Waals surface area contributed by atoms with E-state index in [9.17, 15) is 4.79 Å². The quantitative estimate of drug-likeness (QED) is 0.846. The molecule has 0 bridgehead atoms. The van der Waals surface area contributed by atoms with E-state index in [1.807, 2.05) is 16.5 Å². The van der Waals surface area contributed by atoms with E-state index in [1.165, 1.54) is 12.8 Å². The fourth-order valence-electron chi connectivity index (χ4n) is 4.30. The molecule has 1 unspecified atom stereocenters. The van der Waals surface area contributed by atoms with Crippen LogP contribution in [0.2, 0.25) is 0 Å². The summed E-state index contributed by atoms with van der Waals surface area (Å²) in [5, 5.41) is 12.2. The molecule has 3 heterocycles. The lowest BCUT2D eigenvalue weighted by atomic mass is 9.76. The molecule has 1 amide bonds. The molecule has 1 saturated heterocycles. The van der Waals surface area contributed by atoms with Crippen molar-refractivity contribution in [2.75, 3.05) is 13.1 Å². The number of rotatable bonds is 2. The normalized spacial score (nSPS) is 23.0. The van der Waals surface area contributed by atoms with Crippen molar-refractivity contribution in [1.29, 1.82) is 0 Å². The SMILES string of the molecule is Cc1cc(C(=O)N2CC(c3nncn3C)C3(CCCC3)C2)no1. The first-order valence-corrected chi connectivity index (χ1v) is 8.15. The summed E-state index contributed by atoms with van der Waals surface area (Å²) in [4.78, 5) is 14.7. The number of carbonyl (C=O) groups is 1. The lowest BCUT2D eigenvalue weighted by Crippen LogP contribution is -2.31. The maximum Gasteiger partial charge on any atom is 0.276 e. The summed E-state index contributed by atoms with van der Waals surface area (Å²) < 4.78 is 7.04. The van der Waals surface area contributed by atoms with Crippen LogP contribution in [0.1, 0.15) is 53.7 Å². The van der Waals surface area contributed by atoms with E-state index in [-0.39, 0.29) is 17.2 Å². The van der Waals surface area contributed by atoms with Crippen molar-refractivity contribution in [2.45, 2.75) is 38.5 Å². The first kappa shape index (κ1) is 14.4. The highest BCUT2D eigenvalue weighted by Crippen LogP contribution is 2.53. The second kappa shape index (κ2) is 5.18. The molecule has 1 aliphatic carbocycles. The van der Waals surface area contributed by atoms with Gasteiger partial charge in [0.1, 0.15) is 17.9 Å². The van der Waals surface area contributed by atoms with Crippen molar-refractivity contribution < 1.29 is 9.32 Å². The van der Waals surface area contributed by atoms with Crippen LogP contribution in [-0.2, 0) is 7.05 Å². The van der Waals surface area contributed by atoms with Crippen LogP contribution in [0.4, 0.5) is 0 Å². The molecule has 0 N–H and O–H groups in total. The fourth-order valence-corrected chi connectivity index (χ4v) is 4.30. The lowest BCUT2D eigenvalue weighted by Gasteiger charge is -2.28. The predicted molar refractivity (Wildman–Crippen MR) is 81.8 cm³/mol. The Morgan fingerprint density at radius 2 is 2.17 bits per heavy atom. The van der Waals surface area contributed by atoms with Crippen LogP contribution in [0.15, 0.2) is 16.9 Å². The van der Waals surface area contributed by atoms with E-state index in [4.69, 9.17) is 4.52 Å². The van der Waals surface area contributed by atoms with Gasteiger partial charge in [-0.15, -0.1) is 10.2 Å². The summed E-state index contributed by atoms with van der Waals surface area (Å²) in [6, 6.07) is 1.71. The number of hydrogen-bond donors (Lipinski definition) is 0. The van der Waals surface area contributed by atoms with Gasteiger partial charge in [-0.1, -0.05) is 18.0 Å². The van der Waals surface area contributed by atoms with Gasteiger partial charge in [-0.05, 0) is 25.2 Å². The van der Waals surface area contributed by atoms with Gasteiger partial charge in [-0.2, -0.15) is 0 Å². The molecule has 122 valence electrons. The molecule has 1 spiro atoms. The summed E-state index contributed by atoms with van der Waals surface area (Å²) in [5.74, 6) is 1.85. The van der Waals surface area contributed by atoms with Crippen molar-refractivity contribution in [3.05, 3.63) is 29.7 Å². The predicted octanol–water partition coefficient (Wildman–Crippen LogP) is 1.91. The molecule has 7 heteroatoms. The zero-order valence-electron chi connectivity index (χ0n) is 13.5. The first-order valence-electron chi connectivity index (χ1n) is 8.15. The van der Waals surface area contributed by atoms with Gasteiger partial charge in [-0.25, -0.2) is 0 Å². The number of nitrogens with zero attached hydrogens (tertiary/aromatic N) is 5. The molecule has 1 aliphatic heterocycles. The minimum Gasteiger partial charge on any atom is -0.361 e. The molecule has 23 heavy (non-hydrogen) atoms. The van der Waals surface area contributed by atoms with Crippen LogP contribution in [0.5, 0.6) is 0 Å². The van der Waals surface area contributed by atoms with Gasteiger partial charge in [0, 0.05) is 32.1 Å². The Kier molecular flexibility index (Phi) is 3.25. The number of hydrogen-bond acceptors (Lipinski definition) is 5. The molecule has 2 aromatic heterocycles. The third kappa shape index (κ3) is 2.26. The van der Waals surface area contributed by atoms with Gasteiger partial charge in [0.15, 0.2) is 5.69 Å². The Hall–Kier alpha value is -2.18. The highest BCUT2D eigenvalue weighted by atomic mass is 16.5. The summed E-state index contributed by atoms with van der Waals surface area (Å²) in [6.07, 6.45) is 6.47. The first-order chi connectivity index (χ1) is 11.1. The smallest absolute Gasteiger partial charge is 0.276 e. The standard InChI is InChI=1S/C16H21N5O2/c1-11-7-13(19-23-11)15(22)21-8-12(14-18-17-10-20(14)2)16(9-21)5-3-4-6-16/h7,10,12H,3-6,8-9H2,1-2H3. The van der Waals surface area contributed by atoms with E-state index in [0.717, 1.165) is 25.2 Å². The monoisotopic (exact) mass is 315 g/mol. The lowest BCUT2D eigenvalue weighted by molar-refractivity contribution is 0.0763. The third-order valence-corrected chi connectivity index (χ3v) is 5.44. The van der Waals surface area contributed by atoms with Crippen LogP contribution in [-0.4, -0.2) is 43.8 Å². The van der Waals surface area contributed by atoms with Crippen molar-refractivity contribution in [3.8, 4) is 0 Å². The second-order valence-electron chi connectivity index (χ2n) is 6.93. The Bertz CT molecular complexity index is 728. The van der Waals surface area contributed by atoms with Crippen molar-refractivity contribution in [2.24, 2.45) is 12.5 Å². The van der Waals surface area contributed by atoms with E-state index < -0.39 is 0 Å². The van der Waals surface area contributed by atoms with Crippen LogP contribution in [0, 0.1) is 12.3 Å². The third-order valence-electron chi connectivity index (χ3n) is 5.44. The molecule has 2 aromatic rings. The van der Waals surface area contributed by atoms with Gasteiger partial charge in [-0.3, -0.25) is 4.79 Å². The van der Waals surface area contributed by atoms with Gasteiger partial charge in [0.25, 0.3) is 5.91 Å². The number of likely N-dealkylation sites (tertiary alicyclic amines) is 1. The molecule has 7 nitrogen and oxygen atoms in total. The minimum atomic E-state index is -0.0437. The molecule has 0 aromatic carbocycles. The summed E-state index contributed by atoms with van der Waals surface area (Å²) >= 11 is 0. The van der Waals surface area contributed by atoms with Crippen molar-refractivity contribution in [3.63, 3.8) is 0 Å². The molecular formula is C16H21N5O2. The van der Waals surface area contributed by atoms with Crippen molar-refractivity contribution in [1.82, 2.24) is 24.8 Å². The fraction of sp³-hybridized carbons (Fsp3) is 0.625. The van der Waals surface area contributed by atoms with Gasteiger partial charge in [0.05, 0.1) is 0 Å². The molecule has 1 atom stereocenters. The number of aromatic nitrogens is 4. The minimum absolute atomic E-state index is 0.0437. The highest BCUT2D eigenvalue weighted by Gasteiger charge is 2.51. The maximum atomic E-state index is 12.8. The zero-order chi connectivity index (χ0) is 16.0. The number of amides is 1. The Balaban J connectivity index is 1.65. The largest absolute Gasteiger partial charge is 0.361 e. The van der Waals surface area contributed by atoms with E-state index >= 15 is 0 Å². The molecule has 2 aliphatic rings. The molecule has 4 rings (SSSR count). The van der Waals surface area contributed by atoms with Crippen LogP contribution >= 0.6 is 0 Å². The van der Waals surface area contributed by atoms with Crippen LogP contribution in [0.25, 0.3) is 0 Å². The average molecular weight is 315 g/mol. The van der Waals surface area contributed by atoms with Gasteiger partial charge in [0.2, 0.25) is 0 Å².